The minimum Gasteiger partial charge on any atom is -0.447 e. The molecule has 0 aliphatic rings. The fraction of sp³-hybridized carbons (Fsp3) is 0.714. The van der Waals surface area contributed by atoms with Crippen LogP contribution in [0, 0.1) is 0 Å². The van der Waals surface area contributed by atoms with E-state index in [0.717, 1.165) is 0 Å². The first-order chi connectivity index (χ1) is 6.06. The Hall–Kier alpha value is -1.46. The minimum atomic E-state index is -0.900. The van der Waals surface area contributed by atoms with Crippen molar-refractivity contribution in [1.29, 1.82) is 0 Å². The first kappa shape index (κ1) is 11.5. The second-order valence-electron chi connectivity index (χ2n) is 2.33. The van der Waals surface area contributed by atoms with Gasteiger partial charge in [-0.15, -0.1) is 0 Å². The molecule has 0 unspecified atom stereocenters. The maximum Gasteiger partial charge on any atom is 0.452 e. The third-order valence-electron chi connectivity index (χ3n) is 0.818. The Morgan fingerprint density at radius 1 is 1.23 bits per heavy atom. The molecule has 0 atom stereocenters. The summed E-state index contributed by atoms with van der Waals surface area (Å²) in [6, 6.07) is 0. The number of carbonyl (C=O) groups is 2. The number of rotatable bonds is 2. The highest BCUT2D eigenvalue weighted by atomic mass is 16.6. The fourth-order valence-electron chi connectivity index (χ4n) is 0.459. The lowest BCUT2D eigenvalue weighted by Gasteiger charge is -2.01. The molecule has 0 aliphatic carbocycles. The summed E-state index contributed by atoms with van der Waals surface area (Å²) in [5.41, 5.74) is 0. The largest absolute Gasteiger partial charge is 0.452 e. The van der Waals surface area contributed by atoms with Crippen molar-refractivity contribution in [1.82, 2.24) is 0 Å². The van der Waals surface area contributed by atoms with E-state index in [1.807, 2.05) is 0 Å². The van der Waals surface area contributed by atoms with Crippen LogP contribution in [0.5, 0.6) is 0 Å². The van der Waals surface area contributed by atoms with Crippen LogP contribution in [0.15, 0.2) is 10.2 Å². The van der Waals surface area contributed by atoms with Crippen molar-refractivity contribution >= 4 is 12.2 Å². The van der Waals surface area contributed by atoms with E-state index in [1.165, 1.54) is 0 Å². The van der Waals surface area contributed by atoms with Crippen LogP contribution in [-0.2, 0) is 9.47 Å². The van der Waals surface area contributed by atoms with E-state index < -0.39 is 12.2 Å². The molecule has 6 heteroatoms. The number of hydrogen-bond donors (Lipinski definition) is 0. The summed E-state index contributed by atoms with van der Waals surface area (Å²) in [4.78, 5) is 21.2. The Morgan fingerprint density at radius 3 is 2.23 bits per heavy atom. The van der Waals surface area contributed by atoms with E-state index >= 15 is 0 Å². The smallest absolute Gasteiger partial charge is 0.447 e. The lowest BCUT2D eigenvalue weighted by atomic mass is 10.5. The Bertz CT molecular complexity index is 213. The number of carbonyl (C=O) groups excluding carboxylic acids is 2. The van der Waals surface area contributed by atoms with Crippen LogP contribution < -0.4 is 0 Å². The van der Waals surface area contributed by atoms with Gasteiger partial charge in [-0.25, -0.2) is 9.59 Å². The summed E-state index contributed by atoms with van der Waals surface area (Å²) in [5, 5.41) is 5.93. The first-order valence-corrected chi connectivity index (χ1v) is 3.85. The number of ether oxygens (including phenoxy) is 2. The number of hydrogen-bond acceptors (Lipinski definition) is 4. The van der Waals surface area contributed by atoms with Crippen molar-refractivity contribution in [2.45, 2.75) is 26.9 Å². The molecule has 74 valence electrons. The van der Waals surface area contributed by atoms with Crippen molar-refractivity contribution < 1.29 is 19.1 Å². The van der Waals surface area contributed by atoms with Crippen LogP contribution in [0.2, 0.25) is 0 Å². The van der Waals surface area contributed by atoms with Crippen molar-refractivity contribution in [2.75, 3.05) is 6.61 Å². The summed E-state index contributed by atoms with van der Waals surface area (Å²) in [5.74, 6) is 0. The second-order valence-corrected chi connectivity index (χ2v) is 2.33. The molecule has 0 saturated heterocycles. The van der Waals surface area contributed by atoms with Crippen LogP contribution in [0.3, 0.4) is 0 Å². The van der Waals surface area contributed by atoms with Gasteiger partial charge in [0.05, 0.1) is 12.7 Å². The highest BCUT2D eigenvalue weighted by Crippen LogP contribution is 1.93. The molecular formula is C7H12N2O4. The Kier molecular flexibility index (Phi) is 5.42. The monoisotopic (exact) mass is 188 g/mol. The van der Waals surface area contributed by atoms with Crippen LogP contribution in [0.1, 0.15) is 20.8 Å². The molecule has 0 N–H and O–H groups in total. The van der Waals surface area contributed by atoms with E-state index in [4.69, 9.17) is 0 Å². The van der Waals surface area contributed by atoms with Gasteiger partial charge in [0.15, 0.2) is 0 Å². The van der Waals surface area contributed by atoms with E-state index in [2.05, 4.69) is 19.7 Å². The molecule has 0 saturated carbocycles. The summed E-state index contributed by atoms with van der Waals surface area (Å²) < 4.78 is 8.96. The maximum atomic E-state index is 10.7. The summed E-state index contributed by atoms with van der Waals surface area (Å²) in [6.07, 6.45) is -2.08. The molecule has 0 bridgehead atoms. The highest BCUT2D eigenvalue weighted by molar-refractivity contribution is 5.73. The van der Waals surface area contributed by atoms with Gasteiger partial charge < -0.3 is 9.47 Å². The molecule has 0 radical (unpaired) electrons. The van der Waals surface area contributed by atoms with Crippen LogP contribution in [0.25, 0.3) is 0 Å². The van der Waals surface area contributed by atoms with Crippen molar-refractivity contribution in [3.05, 3.63) is 0 Å². The molecule has 0 aliphatic heterocycles. The maximum absolute atomic E-state index is 10.7. The molecule has 0 rings (SSSR count). The van der Waals surface area contributed by atoms with E-state index in [0.29, 0.717) is 0 Å². The van der Waals surface area contributed by atoms with Crippen molar-refractivity contribution in [3.63, 3.8) is 0 Å². The molecule has 0 aromatic rings. The van der Waals surface area contributed by atoms with Crippen LogP contribution in [-0.4, -0.2) is 24.9 Å². The van der Waals surface area contributed by atoms with Gasteiger partial charge in [0.25, 0.3) is 0 Å². The van der Waals surface area contributed by atoms with E-state index in [-0.39, 0.29) is 12.7 Å². The molecule has 13 heavy (non-hydrogen) atoms. The third-order valence-corrected chi connectivity index (χ3v) is 0.818. The van der Waals surface area contributed by atoms with Gasteiger partial charge in [-0.1, -0.05) is 10.2 Å². The van der Waals surface area contributed by atoms with Crippen molar-refractivity contribution in [3.8, 4) is 0 Å². The molecule has 0 heterocycles. The summed E-state index contributed by atoms with van der Waals surface area (Å²) in [6.45, 7) is 5.15. The highest BCUT2D eigenvalue weighted by Gasteiger charge is 2.04. The molecule has 0 fully saturated rings. The Morgan fingerprint density at radius 2 is 1.77 bits per heavy atom. The Balaban J connectivity index is 3.83. The zero-order valence-electron chi connectivity index (χ0n) is 7.81. The average molecular weight is 188 g/mol. The van der Waals surface area contributed by atoms with Gasteiger partial charge in [-0.3, -0.25) is 0 Å². The second kappa shape index (κ2) is 6.10. The molecule has 6 nitrogen and oxygen atoms in total. The minimum absolute atomic E-state index is 0.192. The lowest BCUT2D eigenvalue weighted by molar-refractivity contribution is 0.122. The van der Waals surface area contributed by atoms with Gasteiger partial charge in [0.1, 0.15) is 0 Å². The predicted octanol–water partition coefficient (Wildman–Crippen LogP) is 2.14. The number of nitrogens with zero attached hydrogens (tertiary/aromatic N) is 2. The van der Waals surface area contributed by atoms with Gasteiger partial charge >= 0.3 is 12.2 Å². The molecular weight excluding hydrogens is 176 g/mol. The Labute approximate surface area is 75.9 Å². The quantitative estimate of drug-likeness (QED) is 0.622. The fourth-order valence-corrected chi connectivity index (χ4v) is 0.459. The average Bonchev–Trinajstić information content (AvgIpc) is 2.00. The molecule has 2 amide bonds. The molecule has 0 spiro atoms. The number of amides is 2. The summed E-state index contributed by atoms with van der Waals surface area (Å²) >= 11 is 0. The normalized spacial score (nSPS) is 10.5. The zero-order valence-corrected chi connectivity index (χ0v) is 7.81. The van der Waals surface area contributed by atoms with Crippen LogP contribution in [0.4, 0.5) is 9.59 Å². The topological polar surface area (TPSA) is 77.3 Å². The zero-order chi connectivity index (χ0) is 10.3. The molecule has 0 aromatic carbocycles. The predicted molar refractivity (Wildman–Crippen MR) is 43.5 cm³/mol. The van der Waals surface area contributed by atoms with Crippen molar-refractivity contribution in [2.24, 2.45) is 10.2 Å². The van der Waals surface area contributed by atoms with Gasteiger partial charge in [-0.05, 0) is 20.8 Å². The van der Waals surface area contributed by atoms with E-state index in [1.54, 1.807) is 20.8 Å². The third kappa shape index (κ3) is 6.92. The SMILES string of the molecule is CCOC(=O)/N=N/C(=O)OC(C)C. The lowest BCUT2D eigenvalue weighted by Crippen LogP contribution is -2.07. The van der Waals surface area contributed by atoms with Gasteiger partial charge in [0, 0.05) is 0 Å². The number of azo groups is 1. The standard InChI is InChI=1S/C7H12N2O4/c1-4-12-6(10)8-9-7(11)13-5(2)3/h5H,4H2,1-3H3/b9-8+. The molecule has 0 aromatic heterocycles. The summed E-state index contributed by atoms with van der Waals surface area (Å²) in [7, 11) is 0. The van der Waals surface area contributed by atoms with E-state index in [9.17, 15) is 9.59 Å². The van der Waals surface area contributed by atoms with Gasteiger partial charge in [0.2, 0.25) is 0 Å². The van der Waals surface area contributed by atoms with Crippen LogP contribution >= 0.6 is 0 Å². The first-order valence-electron chi connectivity index (χ1n) is 3.85. The van der Waals surface area contributed by atoms with Gasteiger partial charge in [-0.2, -0.15) is 0 Å².